The Hall–Kier alpha value is -2.34. The number of carbonyl (C=O) groups excluding carboxylic acids is 1. The minimum atomic E-state index is -0.187. The Bertz CT molecular complexity index is 637. The predicted octanol–water partition coefficient (Wildman–Crippen LogP) is 3.07. The van der Waals surface area contributed by atoms with Gasteiger partial charge in [-0.15, -0.1) is 0 Å². The van der Waals surface area contributed by atoms with Crippen molar-refractivity contribution in [3.63, 3.8) is 0 Å². The third kappa shape index (κ3) is 4.06. The van der Waals surface area contributed by atoms with Crippen molar-refractivity contribution >= 4 is 11.6 Å². The normalized spacial score (nSPS) is 14.2. The topological polar surface area (TPSA) is 33.2 Å². The number of anilines is 1. The average molecular weight is 280 g/mol. The summed E-state index contributed by atoms with van der Waals surface area (Å²) in [5.74, 6) is 6.32. The zero-order chi connectivity index (χ0) is 15.2. The van der Waals surface area contributed by atoms with E-state index in [1.54, 1.807) is 6.92 Å². The molecule has 0 unspecified atom stereocenters. The molecule has 108 valence electrons. The van der Waals surface area contributed by atoms with Crippen molar-refractivity contribution in [2.24, 2.45) is 0 Å². The fourth-order valence-corrected chi connectivity index (χ4v) is 2.27. The van der Waals surface area contributed by atoms with Gasteiger partial charge in [0.05, 0.1) is 0 Å². The number of nitrogens with zero attached hydrogens (tertiary/aromatic N) is 2. The molecule has 21 heavy (non-hydrogen) atoms. The van der Waals surface area contributed by atoms with Gasteiger partial charge >= 0.3 is 0 Å². The lowest BCUT2D eigenvalue weighted by molar-refractivity contribution is -0.110. The maximum Gasteiger partial charge on any atom is 0.231 e. The molecular formula is C18H20N2O. The first-order chi connectivity index (χ1) is 10.1. The largest absolute Gasteiger partial charge is 0.356 e. The molecule has 2 rings (SSSR count). The number of allylic oxidation sites excluding steroid dienone is 2. The van der Waals surface area contributed by atoms with Crippen LogP contribution in [-0.2, 0) is 4.79 Å². The van der Waals surface area contributed by atoms with E-state index in [0.717, 1.165) is 31.7 Å². The average Bonchev–Trinajstić information content (AvgIpc) is 2.48. The van der Waals surface area contributed by atoms with Crippen molar-refractivity contribution in [3.05, 3.63) is 47.7 Å². The maximum atomic E-state index is 11.3. The molecule has 1 aromatic rings. The Kier molecular flexibility index (Phi) is 4.94. The lowest BCUT2D eigenvalue weighted by Gasteiger charge is -2.30. The molecule has 1 aliphatic heterocycles. The van der Waals surface area contributed by atoms with Gasteiger partial charge in [0, 0.05) is 19.3 Å². The van der Waals surface area contributed by atoms with Crippen LogP contribution in [0.3, 0.4) is 0 Å². The third-order valence-corrected chi connectivity index (χ3v) is 3.54. The summed E-state index contributed by atoms with van der Waals surface area (Å²) in [7, 11) is 0. The van der Waals surface area contributed by atoms with Gasteiger partial charge in [-0.2, -0.15) is 0 Å². The van der Waals surface area contributed by atoms with Crippen LogP contribution in [0.25, 0.3) is 0 Å². The number of carbonyl (C=O) groups is 1. The van der Waals surface area contributed by atoms with Crippen LogP contribution in [0.1, 0.15) is 25.3 Å². The van der Waals surface area contributed by atoms with Crippen LogP contribution < -0.4 is 4.90 Å². The van der Waals surface area contributed by atoms with Gasteiger partial charge in [-0.3, -0.25) is 4.79 Å². The molecule has 1 fully saturated rings. The highest BCUT2D eigenvalue weighted by Crippen LogP contribution is 2.23. The maximum absolute atomic E-state index is 11.3. The molecule has 0 aromatic carbocycles. The summed E-state index contributed by atoms with van der Waals surface area (Å²) >= 11 is 0. The quantitative estimate of drug-likeness (QED) is 0.474. The summed E-state index contributed by atoms with van der Waals surface area (Å²) in [4.78, 5) is 18.1. The first-order valence-electron chi connectivity index (χ1n) is 7.14. The molecule has 0 bridgehead atoms. The number of aromatic nitrogens is 1. The van der Waals surface area contributed by atoms with Crippen LogP contribution in [0.15, 0.2) is 42.1 Å². The molecule has 0 N–H and O–H groups in total. The molecule has 0 amide bonds. The lowest BCUT2D eigenvalue weighted by atomic mass is 10.0. The van der Waals surface area contributed by atoms with Gasteiger partial charge in [0.25, 0.3) is 0 Å². The second kappa shape index (κ2) is 6.90. The first-order valence-corrected chi connectivity index (χ1v) is 7.14. The molecule has 0 radical (unpaired) electrons. The van der Waals surface area contributed by atoms with Crippen molar-refractivity contribution in [2.45, 2.75) is 26.7 Å². The summed E-state index contributed by atoms with van der Waals surface area (Å²) in [6, 6.07) is 4.05. The van der Waals surface area contributed by atoms with Crippen LogP contribution in [0.5, 0.6) is 0 Å². The van der Waals surface area contributed by atoms with Crippen LogP contribution in [-0.4, -0.2) is 23.9 Å². The Morgan fingerprint density at radius 2 is 2.14 bits per heavy atom. The standard InChI is InChI=1S/C18H20N2O/c1-14(2)17(21)8-4-7-16-9-12-20(13-10-16)18-15(3)6-5-11-19-18/h5-7,11H,1,9-10,12-13H2,2-3H3. The highest BCUT2D eigenvalue weighted by atomic mass is 16.1. The van der Waals surface area contributed by atoms with Crippen molar-refractivity contribution in [1.29, 1.82) is 0 Å². The molecule has 0 aliphatic carbocycles. The van der Waals surface area contributed by atoms with Gasteiger partial charge in [0.2, 0.25) is 5.78 Å². The van der Waals surface area contributed by atoms with Crippen molar-refractivity contribution in [3.8, 4) is 11.8 Å². The Labute approximate surface area is 126 Å². The number of Topliss-reactive ketones (excluding diaryl/α,β-unsaturated/α-hetero) is 1. The zero-order valence-corrected chi connectivity index (χ0v) is 12.6. The summed E-state index contributed by atoms with van der Waals surface area (Å²) in [5, 5.41) is 0. The van der Waals surface area contributed by atoms with Crippen molar-refractivity contribution in [1.82, 2.24) is 4.98 Å². The summed E-state index contributed by atoms with van der Waals surface area (Å²) in [6.45, 7) is 9.24. The molecule has 3 heteroatoms. The minimum absolute atomic E-state index is 0.187. The fourth-order valence-electron chi connectivity index (χ4n) is 2.27. The minimum Gasteiger partial charge on any atom is -0.356 e. The van der Waals surface area contributed by atoms with E-state index in [0.29, 0.717) is 5.57 Å². The summed E-state index contributed by atoms with van der Waals surface area (Å²) in [6.07, 6.45) is 5.64. The zero-order valence-electron chi connectivity index (χ0n) is 12.6. The highest BCUT2D eigenvalue weighted by Gasteiger charge is 2.16. The number of pyridine rings is 1. The molecule has 1 aliphatic rings. The Balaban J connectivity index is 1.96. The smallest absolute Gasteiger partial charge is 0.231 e. The van der Waals surface area contributed by atoms with E-state index < -0.39 is 0 Å². The van der Waals surface area contributed by atoms with Crippen LogP contribution in [0.4, 0.5) is 5.82 Å². The number of piperidine rings is 1. The number of rotatable bonds is 2. The first kappa shape index (κ1) is 15.1. The SMILES string of the molecule is C=C(C)C(=O)C#CC=C1CCN(c2ncccc2C)CC1. The van der Waals surface area contributed by atoms with E-state index in [-0.39, 0.29) is 5.78 Å². The van der Waals surface area contributed by atoms with Gasteiger partial charge in [0.15, 0.2) is 0 Å². The van der Waals surface area contributed by atoms with Gasteiger partial charge in [0.1, 0.15) is 5.82 Å². The van der Waals surface area contributed by atoms with Crippen LogP contribution in [0, 0.1) is 18.8 Å². The van der Waals surface area contributed by atoms with E-state index in [1.165, 1.54) is 11.1 Å². The number of hydrogen-bond acceptors (Lipinski definition) is 3. The molecule has 1 aromatic heterocycles. The van der Waals surface area contributed by atoms with E-state index >= 15 is 0 Å². The molecule has 0 saturated carbocycles. The number of hydrogen-bond donors (Lipinski definition) is 0. The number of aryl methyl sites for hydroxylation is 1. The summed E-state index contributed by atoms with van der Waals surface area (Å²) < 4.78 is 0. The predicted molar refractivity (Wildman–Crippen MR) is 86.1 cm³/mol. The highest BCUT2D eigenvalue weighted by molar-refractivity contribution is 6.07. The second-order valence-electron chi connectivity index (χ2n) is 5.31. The van der Waals surface area contributed by atoms with E-state index in [2.05, 4.69) is 41.3 Å². The van der Waals surface area contributed by atoms with Gasteiger partial charge in [-0.05, 0) is 55.9 Å². The van der Waals surface area contributed by atoms with Crippen molar-refractivity contribution in [2.75, 3.05) is 18.0 Å². The molecule has 0 atom stereocenters. The molecule has 2 heterocycles. The van der Waals surface area contributed by atoms with Gasteiger partial charge in [-0.1, -0.05) is 24.1 Å². The second-order valence-corrected chi connectivity index (χ2v) is 5.31. The van der Waals surface area contributed by atoms with E-state index in [4.69, 9.17) is 0 Å². The van der Waals surface area contributed by atoms with Crippen molar-refractivity contribution < 1.29 is 4.79 Å². The Morgan fingerprint density at radius 3 is 2.76 bits per heavy atom. The number of ketones is 1. The molecule has 1 saturated heterocycles. The molecule has 0 spiro atoms. The third-order valence-electron chi connectivity index (χ3n) is 3.54. The summed E-state index contributed by atoms with van der Waals surface area (Å²) in [5.41, 5.74) is 2.99. The lowest BCUT2D eigenvalue weighted by Crippen LogP contribution is -2.31. The van der Waals surface area contributed by atoms with E-state index in [9.17, 15) is 4.79 Å². The van der Waals surface area contributed by atoms with E-state index in [1.807, 2.05) is 18.3 Å². The molecular weight excluding hydrogens is 260 g/mol. The van der Waals surface area contributed by atoms with Crippen LogP contribution in [0.2, 0.25) is 0 Å². The monoisotopic (exact) mass is 280 g/mol. The van der Waals surface area contributed by atoms with Crippen LogP contribution >= 0.6 is 0 Å². The molecule has 3 nitrogen and oxygen atoms in total. The Morgan fingerprint density at radius 1 is 1.43 bits per heavy atom. The fraction of sp³-hybridized carbons (Fsp3) is 0.333. The van der Waals surface area contributed by atoms with Gasteiger partial charge in [-0.25, -0.2) is 4.98 Å². The van der Waals surface area contributed by atoms with Gasteiger partial charge < -0.3 is 4.90 Å².